The molecule has 0 atom stereocenters. The predicted molar refractivity (Wildman–Crippen MR) is 45.2 cm³/mol. The molecule has 0 saturated carbocycles. The Morgan fingerprint density at radius 1 is 1.33 bits per heavy atom. The molecule has 9 heavy (non-hydrogen) atoms. The van der Waals surface area contributed by atoms with Crippen LogP contribution in [0.5, 0.6) is 0 Å². The molecule has 0 aromatic heterocycles. The van der Waals surface area contributed by atoms with Gasteiger partial charge in [-0.2, -0.15) is 0 Å². The van der Waals surface area contributed by atoms with Crippen molar-refractivity contribution in [3.05, 3.63) is 0 Å². The Morgan fingerprint density at radius 3 is 1.89 bits per heavy atom. The molecular weight excluding hydrogens is 366 g/mol. The summed E-state index contributed by atoms with van der Waals surface area (Å²) >= 11 is 8.03. The molecule has 6 heteroatoms. The van der Waals surface area contributed by atoms with E-state index in [2.05, 4.69) is 31.9 Å². The maximum Gasteiger partial charge on any atom is -0.412 e. The molecule has 4 N–H and O–H groups in total. The van der Waals surface area contributed by atoms with Crippen molar-refractivity contribution in [1.82, 2.24) is 0 Å². The van der Waals surface area contributed by atoms with Crippen LogP contribution in [0.15, 0.2) is 0 Å². The maximum absolute atomic E-state index is 4.84. The SMILES string of the molecule is BrC(Br)CC[O][Sb].O.O. The first-order valence-corrected chi connectivity index (χ1v) is 4.69. The summed E-state index contributed by atoms with van der Waals surface area (Å²) in [5.74, 6) is 0. The number of hydrogen-bond acceptors (Lipinski definition) is 1. The first-order valence-electron chi connectivity index (χ1n) is 1.82. The minimum Gasteiger partial charge on any atom is -0.412 e. The molecule has 0 heterocycles. The number of alkyl halides is 2. The van der Waals surface area contributed by atoms with Crippen molar-refractivity contribution in [2.75, 3.05) is 6.61 Å². The molecule has 0 amide bonds. The number of rotatable bonds is 3. The van der Waals surface area contributed by atoms with Crippen LogP contribution in [0.2, 0.25) is 0 Å². The smallest absolute Gasteiger partial charge is 0.412 e. The minimum atomic E-state index is 0. The van der Waals surface area contributed by atoms with E-state index in [1.807, 2.05) is 0 Å². The Bertz CT molecular complexity index is 46.0. The van der Waals surface area contributed by atoms with Crippen LogP contribution >= 0.6 is 31.9 Å². The molecule has 0 aliphatic rings. The van der Waals surface area contributed by atoms with Gasteiger partial charge < -0.3 is 11.0 Å². The Kier molecular flexibility index (Phi) is 23.3. The predicted octanol–water partition coefficient (Wildman–Crippen LogP) is -0.0569. The molecule has 58 valence electrons. The van der Waals surface area contributed by atoms with Gasteiger partial charge in [0.05, 0.1) is 0 Å². The Morgan fingerprint density at radius 2 is 1.78 bits per heavy atom. The normalized spacial score (nSPS) is 8.00. The molecule has 0 bridgehead atoms. The molecule has 2 radical (unpaired) electrons. The third-order valence-corrected chi connectivity index (χ3v) is 1.86. The summed E-state index contributed by atoms with van der Waals surface area (Å²) < 4.78 is 5.25. The summed E-state index contributed by atoms with van der Waals surface area (Å²) in [6.07, 6.45) is 1.02. The molecule has 0 aromatic rings. The summed E-state index contributed by atoms with van der Waals surface area (Å²) in [6.45, 7) is 0.829. The quantitative estimate of drug-likeness (QED) is 0.504. The first-order chi connectivity index (χ1) is 3.27. The summed E-state index contributed by atoms with van der Waals surface area (Å²) in [5.41, 5.74) is 0. The molecule has 0 unspecified atom stereocenters. The average molecular weight is 375 g/mol. The second-order valence-corrected chi connectivity index (χ2v) is 5.19. The van der Waals surface area contributed by atoms with E-state index in [-0.39, 0.29) is 11.0 Å². The van der Waals surface area contributed by atoms with Crippen LogP contribution in [0.4, 0.5) is 0 Å². The summed E-state index contributed by atoms with van der Waals surface area (Å²) in [7, 11) is 0. The van der Waals surface area contributed by atoms with Gasteiger partial charge in [-0.05, 0) is 0 Å². The van der Waals surface area contributed by atoms with Gasteiger partial charge in [0.15, 0.2) is 0 Å². The van der Waals surface area contributed by atoms with Crippen LogP contribution in [0.3, 0.4) is 0 Å². The Balaban J connectivity index is -0.000000180. The van der Waals surface area contributed by atoms with E-state index in [1.165, 1.54) is 23.4 Å². The van der Waals surface area contributed by atoms with E-state index >= 15 is 0 Å². The maximum atomic E-state index is 4.84. The van der Waals surface area contributed by atoms with Gasteiger partial charge in [-0.15, -0.1) is 0 Å². The van der Waals surface area contributed by atoms with Gasteiger partial charge >= 0.3 is 75.1 Å². The largest absolute Gasteiger partial charge is 0.412 e. The molecular formula is C3H9Br2O3Sb. The van der Waals surface area contributed by atoms with E-state index < -0.39 is 0 Å². The van der Waals surface area contributed by atoms with Crippen molar-refractivity contribution in [3.8, 4) is 0 Å². The molecule has 0 fully saturated rings. The van der Waals surface area contributed by atoms with Gasteiger partial charge in [-0.1, -0.05) is 0 Å². The van der Waals surface area contributed by atoms with Gasteiger partial charge in [0.1, 0.15) is 0 Å². The third-order valence-electron chi connectivity index (χ3n) is 0.427. The van der Waals surface area contributed by atoms with E-state index in [0.29, 0.717) is 3.74 Å². The molecule has 0 spiro atoms. The van der Waals surface area contributed by atoms with Crippen molar-refractivity contribution in [2.45, 2.75) is 10.2 Å². The van der Waals surface area contributed by atoms with Gasteiger partial charge in [0, 0.05) is 0 Å². The van der Waals surface area contributed by atoms with Crippen LogP contribution in [0, 0.1) is 0 Å². The van der Waals surface area contributed by atoms with Crippen LogP contribution in [0.1, 0.15) is 6.42 Å². The van der Waals surface area contributed by atoms with Gasteiger partial charge in [-0.3, -0.25) is 0 Å². The fourth-order valence-corrected chi connectivity index (χ4v) is 0.816. The topological polar surface area (TPSA) is 72.2 Å². The van der Waals surface area contributed by atoms with Gasteiger partial charge in [-0.25, -0.2) is 0 Å². The van der Waals surface area contributed by atoms with E-state index in [0.717, 1.165) is 13.0 Å². The van der Waals surface area contributed by atoms with E-state index in [1.54, 1.807) is 0 Å². The monoisotopic (exact) mass is 372 g/mol. The summed E-state index contributed by atoms with van der Waals surface area (Å²) in [6, 6.07) is 0. The van der Waals surface area contributed by atoms with Crippen molar-refractivity contribution in [2.24, 2.45) is 0 Å². The van der Waals surface area contributed by atoms with Gasteiger partial charge in [0.25, 0.3) is 0 Å². The molecule has 0 aliphatic carbocycles. The zero-order valence-electron chi connectivity index (χ0n) is 4.60. The minimum absolute atomic E-state index is 0. The first kappa shape index (κ1) is 17.0. The van der Waals surface area contributed by atoms with Crippen molar-refractivity contribution in [3.63, 3.8) is 0 Å². The van der Waals surface area contributed by atoms with E-state index in [4.69, 9.17) is 3.02 Å². The number of hydrogen-bond donors (Lipinski definition) is 0. The van der Waals surface area contributed by atoms with Crippen LogP contribution in [0.25, 0.3) is 0 Å². The molecule has 0 aliphatic heterocycles. The Labute approximate surface area is 85.5 Å². The fraction of sp³-hybridized carbons (Fsp3) is 1.00. The van der Waals surface area contributed by atoms with Gasteiger partial charge in [0.2, 0.25) is 0 Å². The molecule has 0 rings (SSSR count). The van der Waals surface area contributed by atoms with Crippen LogP contribution < -0.4 is 0 Å². The summed E-state index contributed by atoms with van der Waals surface area (Å²) in [4.78, 5) is 0. The van der Waals surface area contributed by atoms with E-state index in [9.17, 15) is 0 Å². The average Bonchev–Trinajstić information content (AvgIpc) is 1.61. The van der Waals surface area contributed by atoms with Crippen LogP contribution in [-0.2, 0) is 3.02 Å². The standard InChI is InChI=1S/C3H5Br2O.2H2O.Sb/c4-3(5)1-2-6;;;/h3H,1-2H2;2*1H2;/q-1;;;+1. The van der Waals surface area contributed by atoms with Crippen molar-refractivity contribution in [1.29, 1.82) is 0 Å². The van der Waals surface area contributed by atoms with Crippen LogP contribution in [-0.4, -0.2) is 44.7 Å². The zero-order valence-corrected chi connectivity index (χ0v) is 10.3. The molecule has 0 aromatic carbocycles. The molecule has 3 nitrogen and oxygen atoms in total. The second-order valence-electron chi connectivity index (χ2n) is 1.01. The Hall–Kier alpha value is 1.66. The number of halogens is 2. The molecule has 0 saturated heterocycles. The van der Waals surface area contributed by atoms with Crippen molar-refractivity contribution < 1.29 is 14.0 Å². The fourth-order valence-electron chi connectivity index (χ4n) is 0.142. The van der Waals surface area contributed by atoms with Crippen molar-refractivity contribution >= 4 is 55.3 Å². The second kappa shape index (κ2) is 12.3. The zero-order chi connectivity index (χ0) is 5.70. The third kappa shape index (κ3) is 17.7. The summed E-state index contributed by atoms with van der Waals surface area (Å²) in [5, 5.41) is 0.